The number of halogens is 2. The van der Waals surface area contributed by atoms with Crippen LogP contribution in [0.2, 0.25) is 0 Å². The number of nitrogens with two attached hydrogens (primary N) is 1. The van der Waals surface area contributed by atoms with E-state index in [1.165, 1.54) is 6.07 Å². The molecule has 0 amide bonds. The number of benzene rings is 1. The lowest BCUT2D eigenvalue weighted by atomic mass is 10.2. The van der Waals surface area contributed by atoms with Gasteiger partial charge in [-0.3, -0.25) is 0 Å². The van der Waals surface area contributed by atoms with Gasteiger partial charge in [0.05, 0.1) is 4.47 Å². The summed E-state index contributed by atoms with van der Waals surface area (Å²) in [5.41, 5.74) is 6.17. The highest BCUT2D eigenvalue weighted by atomic mass is 79.9. The molecule has 0 atom stereocenters. The monoisotopic (exact) mass is 243 g/mol. The lowest BCUT2D eigenvalue weighted by Gasteiger charge is -1.96. The van der Waals surface area contributed by atoms with Gasteiger partial charge < -0.3 is 5.73 Å². The van der Waals surface area contributed by atoms with Crippen LogP contribution in [0.25, 0.3) is 6.08 Å². The van der Waals surface area contributed by atoms with Crippen molar-refractivity contribution in [1.82, 2.24) is 0 Å². The van der Waals surface area contributed by atoms with Gasteiger partial charge in [-0.15, -0.1) is 0 Å². The Morgan fingerprint density at radius 1 is 1.46 bits per heavy atom. The summed E-state index contributed by atoms with van der Waals surface area (Å²) in [7, 11) is 0. The second-order valence-electron chi connectivity index (χ2n) is 2.65. The highest BCUT2D eigenvalue weighted by molar-refractivity contribution is 9.10. The van der Waals surface area contributed by atoms with Crippen LogP contribution < -0.4 is 5.73 Å². The summed E-state index contributed by atoms with van der Waals surface area (Å²) in [6.45, 7) is 0.621. The zero-order valence-corrected chi connectivity index (χ0v) is 8.72. The molecular formula is C10H11BrFN. The van der Waals surface area contributed by atoms with Crippen molar-refractivity contribution in [3.05, 3.63) is 40.1 Å². The fraction of sp³-hybridized carbons (Fsp3) is 0.200. The van der Waals surface area contributed by atoms with Crippen LogP contribution in [0, 0.1) is 5.82 Å². The number of hydrogen-bond donors (Lipinski definition) is 1. The third kappa shape index (κ3) is 3.28. The molecule has 3 heteroatoms. The van der Waals surface area contributed by atoms with Gasteiger partial charge in [0.25, 0.3) is 0 Å². The van der Waals surface area contributed by atoms with Crippen molar-refractivity contribution in [1.29, 1.82) is 0 Å². The Balaban J connectivity index is 2.73. The van der Waals surface area contributed by atoms with Gasteiger partial charge in [0, 0.05) is 0 Å². The molecular weight excluding hydrogens is 233 g/mol. The molecule has 13 heavy (non-hydrogen) atoms. The first-order valence-electron chi connectivity index (χ1n) is 4.05. The Bertz CT molecular complexity index is 310. The smallest absolute Gasteiger partial charge is 0.137 e. The molecule has 1 aromatic carbocycles. The highest BCUT2D eigenvalue weighted by Gasteiger charge is 1.97. The van der Waals surface area contributed by atoms with Crippen LogP contribution in [-0.4, -0.2) is 6.54 Å². The predicted molar refractivity (Wildman–Crippen MR) is 56.8 cm³/mol. The minimum Gasteiger partial charge on any atom is -0.330 e. The van der Waals surface area contributed by atoms with E-state index in [2.05, 4.69) is 15.9 Å². The van der Waals surface area contributed by atoms with E-state index < -0.39 is 0 Å². The molecule has 0 radical (unpaired) electrons. The first kappa shape index (κ1) is 10.4. The van der Waals surface area contributed by atoms with Crippen LogP contribution >= 0.6 is 15.9 Å². The molecule has 0 heterocycles. The van der Waals surface area contributed by atoms with Crippen LogP contribution in [0.15, 0.2) is 28.7 Å². The van der Waals surface area contributed by atoms with Crippen molar-refractivity contribution in [3.8, 4) is 0 Å². The van der Waals surface area contributed by atoms with Crippen molar-refractivity contribution in [2.75, 3.05) is 6.54 Å². The quantitative estimate of drug-likeness (QED) is 0.869. The molecule has 1 rings (SSSR count). The van der Waals surface area contributed by atoms with Crippen LogP contribution in [0.4, 0.5) is 4.39 Å². The van der Waals surface area contributed by atoms with E-state index in [1.807, 2.05) is 18.2 Å². The normalized spacial score (nSPS) is 11.0. The molecule has 1 nitrogen and oxygen atoms in total. The maximum atomic E-state index is 13.0. The molecule has 0 unspecified atom stereocenters. The average Bonchev–Trinajstić information content (AvgIpc) is 2.12. The van der Waals surface area contributed by atoms with E-state index in [4.69, 9.17) is 5.73 Å². The van der Waals surface area contributed by atoms with Gasteiger partial charge in [0.1, 0.15) is 5.82 Å². The van der Waals surface area contributed by atoms with E-state index in [-0.39, 0.29) is 5.82 Å². The summed E-state index contributed by atoms with van der Waals surface area (Å²) in [5, 5.41) is 0. The molecule has 70 valence electrons. The van der Waals surface area contributed by atoms with Gasteiger partial charge in [0.15, 0.2) is 0 Å². The summed E-state index contributed by atoms with van der Waals surface area (Å²) in [6, 6.07) is 5.02. The van der Waals surface area contributed by atoms with Crippen LogP contribution in [0.5, 0.6) is 0 Å². The summed E-state index contributed by atoms with van der Waals surface area (Å²) in [6.07, 6.45) is 4.61. The van der Waals surface area contributed by atoms with Crippen molar-refractivity contribution in [3.63, 3.8) is 0 Å². The number of rotatable bonds is 3. The molecule has 0 saturated carbocycles. The van der Waals surface area contributed by atoms with E-state index in [0.29, 0.717) is 11.0 Å². The highest BCUT2D eigenvalue weighted by Crippen LogP contribution is 2.17. The van der Waals surface area contributed by atoms with Gasteiger partial charge in [-0.25, -0.2) is 4.39 Å². The summed E-state index contributed by atoms with van der Waals surface area (Å²) in [4.78, 5) is 0. The third-order valence-electron chi connectivity index (χ3n) is 1.59. The topological polar surface area (TPSA) is 26.0 Å². The first-order chi connectivity index (χ1) is 6.24. The Morgan fingerprint density at radius 2 is 2.23 bits per heavy atom. The summed E-state index contributed by atoms with van der Waals surface area (Å²) < 4.78 is 13.5. The van der Waals surface area contributed by atoms with Crippen LogP contribution in [0.3, 0.4) is 0 Å². The molecule has 0 bridgehead atoms. The van der Waals surface area contributed by atoms with E-state index in [1.54, 1.807) is 6.07 Å². The van der Waals surface area contributed by atoms with Crippen molar-refractivity contribution >= 4 is 22.0 Å². The maximum Gasteiger partial charge on any atom is 0.137 e. The van der Waals surface area contributed by atoms with Crippen LogP contribution in [0.1, 0.15) is 12.0 Å². The van der Waals surface area contributed by atoms with E-state index in [9.17, 15) is 4.39 Å². The van der Waals surface area contributed by atoms with E-state index in [0.717, 1.165) is 12.0 Å². The Hall–Kier alpha value is -0.670. The summed E-state index contributed by atoms with van der Waals surface area (Å²) in [5.74, 6) is -0.241. The zero-order chi connectivity index (χ0) is 9.68. The van der Waals surface area contributed by atoms with Crippen molar-refractivity contribution in [2.45, 2.75) is 6.42 Å². The van der Waals surface area contributed by atoms with Gasteiger partial charge in [0.2, 0.25) is 0 Å². The van der Waals surface area contributed by atoms with Gasteiger partial charge >= 0.3 is 0 Å². The second-order valence-corrected chi connectivity index (χ2v) is 3.51. The molecule has 0 aliphatic carbocycles. The fourth-order valence-corrected chi connectivity index (χ4v) is 1.18. The molecule has 0 aliphatic heterocycles. The lowest BCUT2D eigenvalue weighted by Crippen LogP contribution is -1.94. The SMILES string of the molecule is NCC/C=C/c1ccc(Br)c(F)c1. The zero-order valence-electron chi connectivity index (χ0n) is 7.13. The Kier molecular flexibility index (Phi) is 4.12. The Morgan fingerprint density at radius 3 is 2.85 bits per heavy atom. The van der Waals surface area contributed by atoms with Gasteiger partial charge in [-0.05, 0) is 46.6 Å². The fourth-order valence-electron chi connectivity index (χ4n) is 0.932. The largest absolute Gasteiger partial charge is 0.330 e. The van der Waals surface area contributed by atoms with Crippen molar-refractivity contribution in [2.24, 2.45) is 5.73 Å². The Labute approximate surface area is 85.6 Å². The minimum atomic E-state index is -0.241. The molecule has 0 aliphatic rings. The minimum absolute atomic E-state index is 0.241. The first-order valence-corrected chi connectivity index (χ1v) is 4.85. The molecule has 0 saturated heterocycles. The van der Waals surface area contributed by atoms with Crippen molar-refractivity contribution < 1.29 is 4.39 Å². The maximum absolute atomic E-state index is 13.0. The third-order valence-corrected chi connectivity index (χ3v) is 2.23. The molecule has 2 N–H and O–H groups in total. The molecule has 0 fully saturated rings. The molecule has 0 aromatic heterocycles. The predicted octanol–water partition coefficient (Wildman–Crippen LogP) is 2.95. The average molecular weight is 244 g/mol. The van der Waals surface area contributed by atoms with Crippen LogP contribution in [-0.2, 0) is 0 Å². The second kappa shape index (κ2) is 5.14. The lowest BCUT2D eigenvalue weighted by molar-refractivity contribution is 0.621. The molecule has 1 aromatic rings. The van der Waals surface area contributed by atoms with E-state index >= 15 is 0 Å². The summed E-state index contributed by atoms with van der Waals surface area (Å²) >= 11 is 3.09. The number of hydrogen-bond acceptors (Lipinski definition) is 1. The standard InChI is InChI=1S/C10H11BrFN/c11-9-5-4-8(7-10(9)12)3-1-2-6-13/h1,3-5,7H,2,6,13H2/b3-1+. The molecule has 0 spiro atoms. The van der Waals surface area contributed by atoms with Gasteiger partial charge in [-0.1, -0.05) is 18.2 Å². The van der Waals surface area contributed by atoms with Gasteiger partial charge in [-0.2, -0.15) is 0 Å².